The Morgan fingerprint density at radius 3 is 2.82 bits per heavy atom. The molecule has 0 fully saturated rings. The van der Waals surface area contributed by atoms with Crippen molar-refractivity contribution in [1.82, 2.24) is 14.8 Å². The Bertz CT molecular complexity index is 981. The number of aryl methyl sites for hydroxylation is 1. The molecule has 4 rings (SSSR count). The van der Waals surface area contributed by atoms with Crippen molar-refractivity contribution in [3.05, 3.63) is 50.9 Å². The average Bonchev–Trinajstić information content (AvgIpc) is 3.00. The summed E-state index contributed by atoms with van der Waals surface area (Å²) in [5, 5.41) is 18.1. The van der Waals surface area contributed by atoms with Gasteiger partial charge in [0, 0.05) is 46.3 Å². The number of hydrogen-bond donors (Lipinski definition) is 2. The first kappa shape index (κ1) is 19.4. The van der Waals surface area contributed by atoms with E-state index in [0.717, 1.165) is 17.7 Å². The summed E-state index contributed by atoms with van der Waals surface area (Å²) < 4.78 is 1.73. The molecule has 2 N–H and O–H groups in total. The molecule has 148 valence electrons. The molecule has 1 atom stereocenters. The Kier molecular flexibility index (Phi) is 4.98. The lowest BCUT2D eigenvalue weighted by atomic mass is 9.73. The van der Waals surface area contributed by atoms with Crippen LogP contribution in [0.1, 0.15) is 50.5 Å². The Morgan fingerprint density at radius 1 is 1.32 bits per heavy atom. The Morgan fingerprint density at radius 2 is 2.11 bits per heavy atom. The van der Waals surface area contributed by atoms with Gasteiger partial charge in [0.2, 0.25) is 5.95 Å². The van der Waals surface area contributed by atoms with Crippen molar-refractivity contribution in [1.29, 1.82) is 0 Å². The van der Waals surface area contributed by atoms with Gasteiger partial charge in [-0.15, -0.1) is 0 Å². The zero-order valence-electron chi connectivity index (χ0n) is 15.8. The molecule has 8 heteroatoms. The summed E-state index contributed by atoms with van der Waals surface area (Å²) in [4.78, 5) is 17.7. The molecule has 0 radical (unpaired) electrons. The second kappa shape index (κ2) is 7.17. The number of anilines is 1. The molecule has 0 amide bonds. The lowest BCUT2D eigenvalue weighted by Gasteiger charge is -2.38. The van der Waals surface area contributed by atoms with E-state index in [2.05, 4.69) is 29.2 Å². The fourth-order valence-electron chi connectivity index (χ4n) is 4.01. The third-order valence-electron chi connectivity index (χ3n) is 5.19. The van der Waals surface area contributed by atoms with Crippen molar-refractivity contribution in [2.75, 3.05) is 11.9 Å². The van der Waals surface area contributed by atoms with Crippen molar-refractivity contribution in [3.8, 4) is 0 Å². The van der Waals surface area contributed by atoms with E-state index in [4.69, 9.17) is 28.3 Å². The first-order valence-electron chi connectivity index (χ1n) is 9.33. The predicted octanol–water partition coefficient (Wildman–Crippen LogP) is 4.17. The fourth-order valence-corrected chi connectivity index (χ4v) is 4.52. The quantitative estimate of drug-likeness (QED) is 0.775. The summed E-state index contributed by atoms with van der Waals surface area (Å²) in [6.07, 6.45) is 2.35. The SMILES string of the molecule is CC1(C)CC(=O)C2=C(C1)Nc1nc(CCCO)nn1C2c1ccc(Cl)cc1Cl. The van der Waals surface area contributed by atoms with Crippen LogP contribution in [-0.4, -0.2) is 32.3 Å². The molecule has 6 nitrogen and oxygen atoms in total. The number of ketones is 1. The highest BCUT2D eigenvalue weighted by molar-refractivity contribution is 6.35. The molecule has 2 aromatic rings. The van der Waals surface area contributed by atoms with Crippen molar-refractivity contribution < 1.29 is 9.90 Å². The summed E-state index contributed by atoms with van der Waals surface area (Å²) in [6, 6.07) is 4.85. The molecule has 2 heterocycles. The maximum Gasteiger partial charge on any atom is 0.226 e. The topological polar surface area (TPSA) is 80.0 Å². The van der Waals surface area contributed by atoms with E-state index in [0.29, 0.717) is 46.7 Å². The number of Topliss-reactive ketones (excluding diaryl/α,β-unsaturated/α-hetero) is 1. The minimum absolute atomic E-state index is 0.0746. The van der Waals surface area contributed by atoms with Crippen LogP contribution in [0.25, 0.3) is 0 Å². The summed E-state index contributed by atoms with van der Waals surface area (Å²) in [7, 11) is 0. The smallest absolute Gasteiger partial charge is 0.226 e. The Hall–Kier alpha value is -1.89. The zero-order valence-corrected chi connectivity index (χ0v) is 17.3. The number of fused-ring (bicyclic) bond motifs is 1. The average molecular weight is 421 g/mol. The molecular formula is C20H22Cl2N4O2. The highest BCUT2D eigenvalue weighted by Crippen LogP contribution is 2.46. The molecule has 0 bridgehead atoms. The molecule has 28 heavy (non-hydrogen) atoms. The van der Waals surface area contributed by atoms with E-state index in [9.17, 15) is 4.79 Å². The van der Waals surface area contributed by atoms with Gasteiger partial charge in [0.25, 0.3) is 0 Å². The van der Waals surface area contributed by atoms with Crippen molar-refractivity contribution in [2.24, 2.45) is 5.41 Å². The van der Waals surface area contributed by atoms with Crippen molar-refractivity contribution in [2.45, 2.75) is 45.6 Å². The number of nitrogens with zero attached hydrogens (tertiary/aromatic N) is 3. The third kappa shape index (κ3) is 3.45. The summed E-state index contributed by atoms with van der Waals surface area (Å²) in [6.45, 7) is 4.25. The summed E-state index contributed by atoms with van der Waals surface area (Å²) in [5.74, 6) is 1.30. The van der Waals surface area contributed by atoms with Gasteiger partial charge in [0.1, 0.15) is 6.04 Å². The largest absolute Gasteiger partial charge is 0.396 e. The number of nitrogens with one attached hydrogen (secondary N) is 1. The standard InChI is InChI=1S/C20H22Cl2N4O2/c1-20(2)9-14-17(15(28)10-20)18(12-6-5-11(21)8-13(12)22)26-19(23-14)24-16(25-26)4-3-7-27/h5-6,8,18,27H,3-4,7,9-10H2,1-2H3,(H,23,24,25). The highest BCUT2D eigenvalue weighted by atomic mass is 35.5. The van der Waals surface area contributed by atoms with E-state index in [1.54, 1.807) is 16.8 Å². The zero-order chi connectivity index (χ0) is 20.1. The molecule has 0 saturated heterocycles. The van der Waals surface area contributed by atoms with Crippen LogP contribution in [0.15, 0.2) is 29.5 Å². The first-order valence-corrected chi connectivity index (χ1v) is 10.1. The minimum Gasteiger partial charge on any atom is -0.396 e. The first-order chi connectivity index (χ1) is 13.3. The normalized spacial score (nSPS) is 20.6. The second-order valence-electron chi connectivity index (χ2n) is 8.15. The van der Waals surface area contributed by atoms with Crippen LogP contribution in [0.5, 0.6) is 0 Å². The van der Waals surface area contributed by atoms with Gasteiger partial charge in [-0.2, -0.15) is 10.1 Å². The minimum atomic E-state index is -0.449. The molecule has 2 aliphatic rings. The van der Waals surface area contributed by atoms with Gasteiger partial charge in [-0.3, -0.25) is 4.79 Å². The van der Waals surface area contributed by atoms with Crippen LogP contribution in [0, 0.1) is 5.41 Å². The fraction of sp³-hybridized carbons (Fsp3) is 0.450. The number of carbonyl (C=O) groups is 1. The van der Waals surface area contributed by atoms with Gasteiger partial charge >= 0.3 is 0 Å². The number of aromatic nitrogens is 3. The lowest BCUT2D eigenvalue weighted by Crippen LogP contribution is -2.36. The molecule has 1 aromatic heterocycles. The van der Waals surface area contributed by atoms with E-state index in [1.165, 1.54) is 0 Å². The van der Waals surface area contributed by atoms with Crippen LogP contribution >= 0.6 is 23.2 Å². The van der Waals surface area contributed by atoms with Gasteiger partial charge in [-0.25, -0.2) is 4.68 Å². The highest BCUT2D eigenvalue weighted by Gasteiger charge is 2.42. The van der Waals surface area contributed by atoms with E-state index in [-0.39, 0.29) is 17.8 Å². The summed E-state index contributed by atoms with van der Waals surface area (Å²) in [5.41, 5.74) is 2.22. The molecule has 0 spiro atoms. The second-order valence-corrected chi connectivity index (χ2v) is 8.99. The number of allylic oxidation sites excluding steroid dienone is 2. The number of rotatable bonds is 4. The maximum absolute atomic E-state index is 13.1. The van der Waals surface area contributed by atoms with E-state index in [1.807, 2.05) is 6.07 Å². The van der Waals surface area contributed by atoms with E-state index < -0.39 is 6.04 Å². The number of benzene rings is 1. The maximum atomic E-state index is 13.1. The van der Waals surface area contributed by atoms with Crippen LogP contribution in [-0.2, 0) is 11.2 Å². The number of aliphatic hydroxyl groups is 1. The number of carbonyl (C=O) groups excluding carboxylic acids is 1. The number of halogens is 2. The van der Waals surface area contributed by atoms with Gasteiger partial charge in [0.05, 0.1) is 0 Å². The molecule has 0 saturated carbocycles. The van der Waals surface area contributed by atoms with Crippen molar-refractivity contribution >= 4 is 34.9 Å². The summed E-state index contributed by atoms with van der Waals surface area (Å²) >= 11 is 12.6. The van der Waals surface area contributed by atoms with Crippen molar-refractivity contribution in [3.63, 3.8) is 0 Å². The monoisotopic (exact) mass is 420 g/mol. The lowest BCUT2D eigenvalue weighted by molar-refractivity contribution is -0.118. The van der Waals surface area contributed by atoms with Crippen LogP contribution < -0.4 is 5.32 Å². The van der Waals surface area contributed by atoms with E-state index >= 15 is 0 Å². The molecule has 1 aliphatic heterocycles. The van der Waals surface area contributed by atoms with Gasteiger partial charge < -0.3 is 10.4 Å². The van der Waals surface area contributed by atoms with Crippen LogP contribution in [0.4, 0.5) is 5.95 Å². The predicted molar refractivity (Wildman–Crippen MR) is 109 cm³/mol. The van der Waals surface area contributed by atoms with Gasteiger partial charge in [-0.1, -0.05) is 43.1 Å². The molecule has 1 aliphatic carbocycles. The third-order valence-corrected chi connectivity index (χ3v) is 5.75. The van der Waals surface area contributed by atoms with Crippen LogP contribution in [0.3, 0.4) is 0 Å². The Balaban J connectivity index is 1.87. The number of hydrogen-bond acceptors (Lipinski definition) is 5. The molecule has 1 unspecified atom stereocenters. The van der Waals surface area contributed by atoms with Gasteiger partial charge in [-0.05, 0) is 30.4 Å². The molecular weight excluding hydrogens is 399 g/mol. The van der Waals surface area contributed by atoms with Crippen LogP contribution in [0.2, 0.25) is 10.0 Å². The number of aliphatic hydroxyl groups excluding tert-OH is 1. The Labute approximate surface area is 173 Å². The van der Waals surface area contributed by atoms with Gasteiger partial charge in [0.15, 0.2) is 11.6 Å². The molecule has 1 aromatic carbocycles.